The van der Waals surface area contributed by atoms with Gasteiger partial charge < -0.3 is 10.0 Å². The van der Waals surface area contributed by atoms with Crippen molar-refractivity contribution >= 4 is 17.6 Å². The van der Waals surface area contributed by atoms with E-state index in [1.807, 2.05) is 4.90 Å². The number of hydrogen-bond donors (Lipinski definition) is 1. The van der Waals surface area contributed by atoms with Gasteiger partial charge in [-0.1, -0.05) is 6.07 Å². The Morgan fingerprint density at radius 2 is 1.61 bits per heavy atom. The first-order chi connectivity index (χ1) is 19.3. The van der Waals surface area contributed by atoms with Crippen LogP contribution >= 0.6 is 0 Å². The monoisotopic (exact) mass is 576 g/mol. The van der Waals surface area contributed by atoms with E-state index in [-0.39, 0.29) is 52.1 Å². The molecule has 1 N–H and O–H groups in total. The Bertz CT molecular complexity index is 1510. The molecule has 5 nitrogen and oxygen atoms in total. The second-order valence-corrected chi connectivity index (χ2v) is 10.8. The third-order valence-corrected chi connectivity index (χ3v) is 8.14. The zero-order chi connectivity index (χ0) is 29.7. The smallest absolute Gasteiger partial charge is 0.416 e. The lowest BCUT2D eigenvalue weighted by Gasteiger charge is -2.39. The Hall–Kier alpha value is -3.86. The summed E-state index contributed by atoms with van der Waals surface area (Å²) in [6, 6.07) is 9.90. The maximum Gasteiger partial charge on any atom is 0.416 e. The number of nitrogens with zero attached hydrogens (tertiary/aromatic N) is 2. The van der Waals surface area contributed by atoms with Gasteiger partial charge >= 0.3 is 12.1 Å². The summed E-state index contributed by atoms with van der Waals surface area (Å²) >= 11 is 0. The minimum absolute atomic E-state index is 0.0154. The summed E-state index contributed by atoms with van der Waals surface area (Å²) in [4.78, 5) is 27.6. The van der Waals surface area contributed by atoms with E-state index >= 15 is 0 Å². The first kappa shape index (κ1) is 28.7. The predicted molar refractivity (Wildman–Crippen MR) is 139 cm³/mol. The van der Waals surface area contributed by atoms with E-state index in [4.69, 9.17) is 5.11 Å². The van der Waals surface area contributed by atoms with E-state index in [9.17, 15) is 35.9 Å². The fraction of sp³-hybridized carbons (Fsp3) is 0.333. The third-order valence-electron chi connectivity index (χ3n) is 8.14. The van der Waals surface area contributed by atoms with Gasteiger partial charge in [0.1, 0.15) is 0 Å². The van der Waals surface area contributed by atoms with Crippen LogP contribution in [0.15, 0.2) is 48.5 Å². The molecule has 11 heteroatoms. The molecule has 2 fully saturated rings. The van der Waals surface area contributed by atoms with Crippen LogP contribution in [0.25, 0.3) is 11.1 Å². The number of piperidine rings is 1. The van der Waals surface area contributed by atoms with Crippen molar-refractivity contribution in [2.24, 2.45) is 5.41 Å². The van der Waals surface area contributed by atoms with Crippen LogP contribution in [-0.2, 0) is 17.5 Å². The molecule has 5 rings (SSSR count). The summed E-state index contributed by atoms with van der Waals surface area (Å²) in [6.45, 7) is 2.58. The van der Waals surface area contributed by atoms with E-state index in [1.165, 1.54) is 19.1 Å². The fourth-order valence-corrected chi connectivity index (χ4v) is 5.85. The highest BCUT2D eigenvalue weighted by Crippen LogP contribution is 2.44. The molecule has 0 aromatic heterocycles. The SMILES string of the molecule is Cc1cc(-c2ccc(F)c(F)c2F)c(CN2CCC3(CC2)CC(=O)N(c2ccc(C(=O)O)cc2)C3)cc1C(F)(F)F. The third kappa shape index (κ3) is 5.55. The number of carbonyl (C=O) groups is 2. The normalized spacial score (nSPS) is 17.4. The number of anilines is 1. The van der Waals surface area contributed by atoms with Crippen molar-refractivity contribution < 1.29 is 41.0 Å². The van der Waals surface area contributed by atoms with Gasteiger partial charge in [0.25, 0.3) is 0 Å². The Morgan fingerprint density at radius 3 is 2.22 bits per heavy atom. The van der Waals surface area contributed by atoms with Gasteiger partial charge in [-0.2, -0.15) is 13.2 Å². The van der Waals surface area contributed by atoms with Crippen LogP contribution in [-0.4, -0.2) is 41.5 Å². The molecule has 2 heterocycles. The first-order valence-electron chi connectivity index (χ1n) is 13.0. The fourth-order valence-electron chi connectivity index (χ4n) is 5.85. The molecule has 2 saturated heterocycles. The summed E-state index contributed by atoms with van der Waals surface area (Å²) in [6.07, 6.45) is -3.22. The van der Waals surface area contributed by atoms with E-state index in [2.05, 4.69) is 0 Å². The second-order valence-electron chi connectivity index (χ2n) is 10.8. The minimum Gasteiger partial charge on any atom is -0.478 e. The van der Waals surface area contributed by atoms with Crippen molar-refractivity contribution in [3.8, 4) is 11.1 Å². The van der Waals surface area contributed by atoms with Crippen molar-refractivity contribution in [1.82, 2.24) is 4.90 Å². The van der Waals surface area contributed by atoms with Crippen molar-refractivity contribution in [3.05, 3.63) is 88.2 Å². The van der Waals surface area contributed by atoms with Gasteiger partial charge in [-0.3, -0.25) is 9.69 Å². The summed E-state index contributed by atoms with van der Waals surface area (Å²) in [7, 11) is 0. The van der Waals surface area contributed by atoms with Crippen LogP contribution in [0, 0.1) is 29.8 Å². The molecular formula is C30H26F6N2O3. The molecule has 41 heavy (non-hydrogen) atoms. The summed E-state index contributed by atoms with van der Waals surface area (Å²) in [5.41, 5.74) is -0.843. The number of halogens is 6. The highest BCUT2D eigenvalue weighted by atomic mass is 19.4. The molecule has 2 aliphatic heterocycles. The van der Waals surface area contributed by atoms with Crippen LogP contribution in [0.2, 0.25) is 0 Å². The van der Waals surface area contributed by atoms with Crippen LogP contribution in [0.1, 0.15) is 46.3 Å². The summed E-state index contributed by atoms with van der Waals surface area (Å²) in [5, 5.41) is 9.12. The molecule has 1 spiro atoms. The van der Waals surface area contributed by atoms with Gasteiger partial charge in [-0.15, -0.1) is 0 Å². The topological polar surface area (TPSA) is 60.9 Å². The number of aryl methyl sites for hydroxylation is 1. The maximum atomic E-state index is 14.7. The van der Waals surface area contributed by atoms with E-state index in [0.29, 0.717) is 38.2 Å². The first-order valence-corrected chi connectivity index (χ1v) is 13.0. The van der Waals surface area contributed by atoms with Crippen LogP contribution in [0.4, 0.5) is 32.0 Å². The number of rotatable bonds is 5. The van der Waals surface area contributed by atoms with Crippen LogP contribution in [0.3, 0.4) is 0 Å². The zero-order valence-electron chi connectivity index (χ0n) is 22.0. The highest BCUT2D eigenvalue weighted by Gasteiger charge is 2.45. The van der Waals surface area contributed by atoms with Gasteiger partial charge in [0.15, 0.2) is 17.5 Å². The quantitative estimate of drug-likeness (QED) is 0.268. The number of hydrogen-bond acceptors (Lipinski definition) is 3. The van der Waals surface area contributed by atoms with E-state index in [1.54, 1.807) is 17.0 Å². The molecule has 3 aromatic rings. The number of carbonyl (C=O) groups excluding carboxylic acids is 1. The average Bonchev–Trinajstić information content (AvgIpc) is 3.24. The predicted octanol–water partition coefficient (Wildman–Crippen LogP) is 6.82. The Morgan fingerprint density at radius 1 is 0.951 bits per heavy atom. The van der Waals surface area contributed by atoms with E-state index < -0.39 is 35.2 Å². The van der Waals surface area contributed by atoms with Crippen molar-refractivity contribution in [1.29, 1.82) is 0 Å². The second kappa shape index (κ2) is 10.5. The summed E-state index contributed by atoms with van der Waals surface area (Å²) in [5.74, 6) is -5.72. The van der Waals surface area contributed by atoms with Gasteiger partial charge in [0.2, 0.25) is 5.91 Å². The lowest BCUT2D eigenvalue weighted by Crippen LogP contribution is -2.41. The van der Waals surface area contributed by atoms with E-state index in [0.717, 1.165) is 24.3 Å². The summed E-state index contributed by atoms with van der Waals surface area (Å²) < 4.78 is 83.6. The number of benzene rings is 3. The highest BCUT2D eigenvalue weighted by molar-refractivity contribution is 5.97. The molecule has 1 amide bonds. The largest absolute Gasteiger partial charge is 0.478 e. The number of alkyl halides is 3. The molecular weight excluding hydrogens is 550 g/mol. The van der Waals surface area contributed by atoms with Crippen LogP contribution < -0.4 is 4.90 Å². The Labute approximate surface area is 232 Å². The molecule has 0 radical (unpaired) electrons. The number of aromatic carboxylic acids is 1. The number of likely N-dealkylation sites (tertiary alicyclic amines) is 1. The average molecular weight is 577 g/mol. The van der Waals surface area contributed by atoms with Crippen molar-refractivity contribution in [2.75, 3.05) is 24.5 Å². The Kier molecular flexibility index (Phi) is 7.35. The molecule has 0 aliphatic carbocycles. The van der Waals surface area contributed by atoms with Crippen LogP contribution in [0.5, 0.6) is 0 Å². The molecule has 216 valence electrons. The number of carboxylic acid groups (broad SMARTS) is 1. The molecule has 0 unspecified atom stereocenters. The molecule has 3 aromatic carbocycles. The van der Waals surface area contributed by atoms with Crippen molar-refractivity contribution in [3.63, 3.8) is 0 Å². The molecule has 0 bridgehead atoms. The lowest BCUT2D eigenvalue weighted by molar-refractivity contribution is -0.138. The zero-order valence-corrected chi connectivity index (χ0v) is 22.0. The standard InChI is InChI=1S/C30H26F6N2O3/c1-17-12-22(21-6-7-24(31)27(33)26(21)32)19(13-23(17)30(34,35)36)15-37-10-8-29(9-11-37)14-25(39)38(16-29)20-4-2-18(3-5-20)28(40)41/h2-7,12-13H,8-11,14-16H2,1H3,(H,40,41). The molecule has 0 saturated carbocycles. The van der Waals surface area contributed by atoms with Gasteiger partial charge in [-0.25, -0.2) is 18.0 Å². The minimum atomic E-state index is -4.66. The van der Waals surface area contributed by atoms with Gasteiger partial charge in [0.05, 0.1) is 11.1 Å². The maximum absolute atomic E-state index is 14.7. The lowest BCUT2D eigenvalue weighted by atomic mass is 9.77. The van der Waals surface area contributed by atoms with Gasteiger partial charge in [0, 0.05) is 30.8 Å². The van der Waals surface area contributed by atoms with Gasteiger partial charge in [-0.05, 0) is 97.4 Å². The molecule has 0 atom stereocenters. The molecule has 2 aliphatic rings. The Balaban J connectivity index is 1.37. The van der Waals surface area contributed by atoms with Crippen molar-refractivity contribution in [2.45, 2.75) is 38.9 Å². The number of amides is 1. The number of carboxylic acids is 1.